The zero-order valence-corrected chi connectivity index (χ0v) is 20.5. The van der Waals surface area contributed by atoms with E-state index >= 15 is 0 Å². The van der Waals surface area contributed by atoms with Gasteiger partial charge in [0.15, 0.2) is 11.5 Å². The molecule has 5 rings (SSSR count). The van der Waals surface area contributed by atoms with Gasteiger partial charge in [-0.15, -0.1) is 0 Å². The summed E-state index contributed by atoms with van der Waals surface area (Å²) in [6, 6.07) is 4.41. The largest absolute Gasteiger partial charge is 0.493 e. The zero-order valence-electron chi connectivity index (χ0n) is 20.5. The number of methoxy groups -OCH3 is 2. The average Bonchev–Trinajstić information content (AvgIpc) is 3.10. The van der Waals surface area contributed by atoms with Crippen LogP contribution in [0, 0.1) is 23.2 Å². The summed E-state index contributed by atoms with van der Waals surface area (Å²) in [6.45, 7) is 8.00. The van der Waals surface area contributed by atoms with Gasteiger partial charge < -0.3 is 19.3 Å². The molecule has 1 N–H and O–H groups in total. The van der Waals surface area contributed by atoms with Crippen molar-refractivity contribution in [3.05, 3.63) is 34.9 Å². The van der Waals surface area contributed by atoms with Crippen LogP contribution in [0.5, 0.6) is 11.5 Å². The summed E-state index contributed by atoms with van der Waals surface area (Å²) in [5.41, 5.74) is 3.48. The number of aliphatic hydroxyl groups is 1. The Hall–Kier alpha value is -2.05. The number of rotatable bonds is 4. The predicted octanol–water partition coefficient (Wildman–Crippen LogP) is 3.74. The number of carbonyl (C=O) groups is 1. The first-order valence-electron chi connectivity index (χ1n) is 12.3. The maximum atomic E-state index is 13.1. The summed E-state index contributed by atoms with van der Waals surface area (Å²) in [7, 11) is 3.32. The zero-order chi connectivity index (χ0) is 23.5. The summed E-state index contributed by atoms with van der Waals surface area (Å²) in [5, 5.41) is 11.6. The van der Waals surface area contributed by atoms with E-state index in [1.807, 2.05) is 0 Å². The van der Waals surface area contributed by atoms with E-state index in [2.05, 4.69) is 43.9 Å². The summed E-state index contributed by atoms with van der Waals surface area (Å²) in [4.78, 5) is 15.4. The smallest absolute Gasteiger partial charge is 0.311 e. The van der Waals surface area contributed by atoms with Gasteiger partial charge in [-0.2, -0.15) is 0 Å². The van der Waals surface area contributed by atoms with Gasteiger partial charge in [0.2, 0.25) is 0 Å². The van der Waals surface area contributed by atoms with Gasteiger partial charge in [-0.05, 0) is 55.4 Å². The molecular formula is C27H37NO5. The monoisotopic (exact) mass is 455 g/mol. The van der Waals surface area contributed by atoms with E-state index < -0.39 is 6.10 Å². The summed E-state index contributed by atoms with van der Waals surface area (Å²) in [6.07, 6.45) is 5.29. The molecule has 2 aliphatic heterocycles. The number of esters is 1. The number of allylic oxidation sites excluding steroid dienone is 1. The number of benzene rings is 1. The highest BCUT2D eigenvalue weighted by Gasteiger charge is 2.60. The Morgan fingerprint density at radius 1 is 1.15 bits per heavy atom. The molecule has 0 spiro atoms. The van der Waals surface area contributed by atoms with Crippen LogP contribution in [-0.4, -0.2) is 55.0 Å². The molecule has 0 aromatic heterocycles. The molecule has 1 saturated carbocycles. The minimum atomic E-state index is -0.564. The minimum Gasteiger partial charge on any atom is -0.493 e. The molecule has 4 aliphatic rings. The van der Waals surface area contributed by atoms with Crippen LogP contribution in [0.3, 0.4) is 0 Å². The third-order valence-corrected chi connectivity index (χ3v) is 9.22. The summed E-state index contributed by atoms with van der Waals surface area (Å²) in [5.74, 6) is 1.27. The Morgan fingerprint density at radius 3 is 2.55 bits per heavy atom. The molecule has 180 valence electrons. The average molecular weight is 456 g/mol. The van der Waals surface area contributed by atoms with Gasteiger partial charge in [-0.1, -0.05) is 25.5 Å². The van der Waals surface area contributed by atoms with E-state index in [4.69, 9.17) is 14.2 Å². The number of nitrogens with zero attached hydrogens (tertiary/aromatic N) is 1. The Morgan fingerprint density at radius 2 is 1.85 bits per heavy atom. The van der Waals surface area contributed by atoms with Crippen molar-refractivity contribution in [1.29, 1.82) is 0 Å². The number of ether oxygens (including phenoxy) is 3. The van der Waals surface area contributed by atoms with Crippen molar-refractivity contribution in [2.24, 2.45) is 23.2 Å². The third kappa shape index (κ3) is 3.48. The van der Waals surface area contributed by atoms with Crippen LogP contribution in [-0.2, 0) is 22.5 Å². The molecule has 0 bridgehead atoms. The molecule has 6 nitrogen and oxygen atoms in total. The lowest BCUT2D eigenvalue weighted by Gasteiger charge is -2.52. The molecule has 1 aromatic carbocycles. The van der Waals surface area contributed by atoms with Crippen LogP contribution >= 0.6 is 0 Å². The fraction of sp³-hybridized carbons (Fsp3) is 0.667. The molecule has 1 aromatic rings. The lowest BCUT2D eigenvalue weighted by atomic mass is 9.55. The Kier molecular flexibility index (Phi) is 5.73. The summed E-state index contributed by atoms with van der Waals surface area (Å²) >= 11 is 0. The molecule has 0 radical (unpaired) electrons. The second kappa shape index (κ2) is 8.31. The van der Waals surface area contributed by atoms with Crippen molar-refractivity contribution < 1.29 is 24.1 Å². The third-order valence-electron chi connectivity index (χ3n) is 9.22. The van der Waals surface area contributed by atoms with Crippen molar-refractivity contribution in [3.63, 3.8) is 0 Å². The molecule has 2 aliphatic carbocycles. The van der Waals surface area contributed by atoms with Crippen molar-refractivity contribution in [2.45, 2.75) is 71.2 Å². The predicted molar refractivity (Wildman–Crippen MR) is 125 cm³/mol. The van der Waals surface area contributed by atoms with E-state index in [-0.39, 0.29) is 35.4 Å². The van der Waals surface area contributed by atoms with Crippen molar-refractivity contribution in [3.8, 4) is 11.5 Å². The quantitative estimate of drug-likeness (QED) is 0.551. The van der Waals surface area contributed by atoms with Gasteiger partial charge in [0.1, 0.15) is 6.10 Å². The van der Waals surface area contributed by atoms with Crippen molar-refractivity contribution in [1.82, 2.24) is 4.90 Å². The van der Waals surface area contributed by atoms with E-state index in [1.165, 1.54) is 16.7 Å². The van der Waals surface area contributed by atoms with E-state index in [1.54, 1.807) is 14.2 Å². The molecule has 33 heavy (non-hydrogen) atoms. The van der Waals surface area contributed by atoms with E-state index in [9.17, 15) is 9.90 Å². The number of hydrogen-bond donors (Lipinski definition) is 1. The molecule has 6 heteroatoms. The second-order valence-corrected chi connectivity index (χ2v) is 10.8. The SMILES string of the molecule is COc1cc2c(cc1OC)CN(C[C@H]1C(=O)O[C@@H]3CC4=CCC[C@H](C)[C@@]4(C)[C@@H](O)[C@H]31)[C@@H](C)C2. The molecule has 0 amide bonds. The van der Waals surface area contributed by atoms with Crippen molar-refractivity contribution >= 4 is 5.97 Å². The fourth-order valence-electron chi connectivity index (χ4n) is 6.89. The normalized spacial score (nSPS) is 38.0. The van der Waals surface area contributed by atoms with Gasteiger partial charge in [-0.3, -0.25) is 9.69 Å². The van der Waals surface area contributed by atoms with Gasteiger partial charge in [0.05, 0.1) is 26.2 Å². The highest BCUT2D eigenvalue weighted by atomic mass is 16.6. The second-order valence-electron chi connectivity index (χ2n) is 10.8. The minimum absolute atomic E-state index is 0.148. The summed E-state index contributed by atoms with van der Waals surface area (Å²) < 4.78 is 16.9. The van der Waals surface area contributed by atoms with Gasteiger partial charge in [0.25, 0.3) is 0 Å². The Labute approximate surface area is 196 Å². The lowest BCUT2D eigenvalue weighted by molar-refractivity contribution is -0.145. The van der Waals surface area contributed by atoms with E-state index in [0.29, 0.717) is 12.5 Å². The number of fused-ring (bicyclic) bond motifs is 3. The number of aliphatic hydroxyl groups excluding tert-OH is 1. The molecule has 2 fully saturated rings. The first-order chi connectivity index (χ1) is 15.8. The first-order valence-corrected chi connectivity index (χ1v) is 12.3. The highest BCUT2D eigenvalue weighted by molar-refractivity contribution is 5.76. The van der Waals surface area contributed by atoms with Gasteiger partial charge in [-0.25, -0.2) is 0 Å². The van der Waals surface area contributed by atoms with Crippen molar-refractivity contribution in [2.75, 3.05) is 20.8 Å². The van der Waals surface area contributed by atoms with Gasteiger partial charge >= 0.3 is 5.97 Å². The molecule has 7 atom stereocenters. The number of carbonyl (C=O) groups excluding carboxylic acids is 1. The maximum absolute atomic E-state index is 13.1. The maximum Gasteiger partial charge on any atom is 0.311 e. The van der Waals surface area contributed by atoms with Crippen LogP contribution in [0.25, 0.3) is 0 Å². The van der Waals surface area contributed by atoms with E-state index in [0.717, 1.165) is 43.7 Å². The standard InChI is InChI=1S/C27H37NO5/c1-15-7-6-8-19-12-23-24(25(29)27(15,19)3)20(26(30)33-23)14-28-13-18-11-22(32-5)21(31-4)10-17(18)9-16(28)2/h8,10-11,15-16,20,23-25,29H,6-7,9,12-14H2,1-5H3/t15-,16-,20+,23+,24-,25-,27+/m0/s1. The first kappa shape index (κ1) is 22.7. The van der Waals surface area contributed by atoms with Crippen LogP contribution in [0.1, 0.15) is 51.2 Å². The Bertz CT molecular complexity index is 974. The highest BCUT2D eigenvalue weighted by Crippen LogP contribution is 2.56. The van der Waals surface area contributed by atoms with Gasteiger partial charge in [0, 0.05) is 36.9 Å². The van der Waals surface area contributed by atoms with Crippen LogP contribution in [0.4, 0.5) is 0 Å². The lowest BCUT2D eigenvalue weighted by Crippen LogP contribution is -2.55. The fourth-order valence-corrected chi connectivity index (χ4v) is 6.89. The molecule has 2 heterocycles. The van der Waals surface area contributed by atoms with Crippen LogP contribution in [0.15, 0.2) is 23.8 Å². The van der Waals surface area contributed by atoms with Crippen LogP contribution < -0.4 is 9.47 Å². The topological polar surface area (TPSA) is 68.2 Å². The number of hydrogen-bond acceptors (Lipinski definition) is 6. The van der Waals surface area contributed by atoms with Crippen LogP contribution in [0.2, 0.25) is 0 Å². The molecule has 0 unspecified atom stereocenters. The molecular weight excluding hydrogens is 418 g/mol. The molecule has 1 saturated heterocycles. The Balaban J connectivity index is 1.40.